The van der Waals surface area contributed by atoms with Crippen molar-refractivity contribution in [2.24, 2.45) is 0 Å². The van der Waals surface area contributed by atoms with Crippen molar-refractivity contribution in [1.29, 1.82) is 0 Å². The smallest absolute Gasteiger partial charge is 0.162 e. The predicted molar refractivity (Wildman–Crippen MR) is 60.6 cm³/mol. The van der Waals surface area contributed by atoms with Crippen LogP contribution in [0.1, 0.15) is 0 Å². The highest BCUT2D eigenvalue weighted by Gasteiger charge is 2.27. The fraction of sp³-hybridized carbons (Fsp3) is 0.667. The monoisotopic (exact) mass is 246 g/mol. The summed E-state index contributed by atoms with van der Waals surface area (Å²) >= 11 is 18.0. The van der Waals surface area contributed by atoms with E-state index in [1.54, 1.807) is 0 Å². The van der Waals surface area contributed by atoms with Gasteiger partial charge in [0.15, 0.2) is 7.38 Å². The number of rotatable bonds is 4. The van der Waals surface area contributed by atoms with E-state index in [1.807, 2.05) is 12.2 Å². The first kappa shape index (κ1) is 12.0. The fourth-order valence-electron chi connectivity index (χ4n) is 0.566. The van der Waals surface area contributed by atoms with Crippen molar-refractivity contribution in [1.82, 2.24) is 0 Å². The molecule has 0 amide bonds. The van der Waals surface area contributed by atoms with E-state index < -0.39 is 14.1 Å². The van der Waals surface area contributed by atoms with E-state index in [4.69, 9.17) is 33.2 Å². The second kappa shape index (κ2) is 4.33. The predicted octanol–water partition coefficient (Wildman–Crippen LogP) is 4.08. The zero-order valence-corrected chi connectivity index (χ0v) is 11.1. The Hall–Kier alpha value is 1.04. The van der Waals surface area contributed by atoms with Gasteiger partial charge in [0.25, 0.3) is 0 Å². The summed E-state index contributed by atoms with van der Waals surface area (Å²) in [4.78, 5) is 0. The summed E-state index contributed by atoms with van der Waals surface area (Å²) < 4.78 is 0. The van der Waals surface area contributed by atoms with Gasteiger partial charge in [0, 0.05) is 0 Å². The molecule has 0 aromatic rings. The number of halogens is 3. The van der Waals surface area contributed by atoms with E-state index in [0.717, 1.165) is 12.1 Å². The molecule has 0 aliphatic carbocycles. The largest absolute Gasteiger partial charge is 0.248 e. The second-order valence-corrected chi connectivity index (χ2v) is 17.3. The average molecular weight is 248 g/mol. The molecule has 0 nitrogen and oxygen atoms in total. The maximum atomic E-state index is 6.15. The van der Waals surface area contributed by atoms with Crippen LogP contribution in [0.5, 0.6) is 0 Å². The number of hydrogen-bond donors (Lipinski definition) is 0. The van der Waals surface area contributed by atoms with Gasteiger partial charge in [0.1, 0.15) is 0 Å². The lowest BCUT2D eigenvalue weighted by Gasteiger charge is -2.17. The molecule has 0 spiro atoms. The van der Waals surface area contributed by atoms with Crippen LogP contribution in [-0.4, -0.2) is 14.1 Å². The van der Waals surface area contributed by atoms with E-state index in [0.29, 0.717) is 0 Å². The molecule has 1 atom stereocenters. The van der Waals surface area contributed by atoms with Crippen molar-refractivity contribution in [3.05, 3.63) is 12.3 Å². The Bertz CT molecular complexity index is 139. The van der Waals surface area contributed by atoms with E-state index in [9.17, 15) is 0 Å². The Labute approximate surface area is 84.7 Å². The molecule has 1 unspecified atom stereocenters. The van der Waals surface area contributed by atoms with Crippen molar-refractivity contribution in [2.45, 2.75) is 25.2 Å². The summed E-state index contributed by atoms with van der Waals surface area (Å²) in [6.45, 7) is 5.72. The summed E-state index contributed by atoms with van der Waals surface area (Å²) in [5.74, 6) is 0. The van der Waals surface area contributed by atoms with Crippen LogP contribution in [0.25, 0.3) is 0 Å². The van der Waals surface area contributed by atoms with Crippen LogP contribution in [0.15, 0.2) is 12.3 Å². The zero-order chi connectivity index (χ0) is 9.12. The van der Waals surface area contributed by atoms with Gasteiger partial charge in [-0.3, -0.25) is 0 Å². The number of hydrogen-bond acceptors (Lipinski definition) is 0. The molecule has 0 fully saturated rings. The standard InChI is InChI=1S/C6H13Cl3Si2/c1-4-10(2,7)5-6-11(3,8)9/h4H,1,5-6H2,2-3H3. The highest BCUT2D eigenvalue weighted by molar-refractivity contribution is 7.45. The first-order chi connectivity index (χ1) is 4.77. The normalized spacial score (nSPS) is 17.5. The second-order valence-electron chi connectivity index (χ2n) is 3.05. The van der Waals surface area contributed by atoms with E-state index >= 15 is 0 Å². The molecular formula is C6H13Cl3Si2. The molecule has 5 heteroatoms. The van der Waals surface area contributed by atoms with E-state index in [2.05, 4.69) is 13.1 Å². The zero-order valence-electron chi connectivity index (χ0n) is 6.83. The minimum Gasteiger partial charge on any atom is -0.162 e. The van der Waals surface area contributed by atoms with Gasteiger partial charge in [-0.2, -0.15) is 11.1 Å². The Morgan fingerprint density at radius 1 is 1.18 bits per heavy atom. The van der Waals surface area contributed by atoms with Crippen molar-refractivity contribution in [3.63, 3.8) is 0 Å². The molecule has 0 heterocycles. The summed E-state index contributed by atoms with van der Waals surface area (Å²) in [5, 5.41) is 0. The van der Waals surface area contributed by atoms with Crippen molar-refractivity contribution in [3.8, 4) is 0 Å². The summed E-state index contributed by atoms with van der Waals surface area (Å²) in [6, 6.07) is 1.81. The molecule has 0 saturated heterocycles. The van der Waals surface area contributed by atoms with Crippen molar-refractivity contribution < 1.29 is 0 Å². The first-order valence-corrected chi connectivity index (χ1v) is 12.0. The third-order valence-corrected chi connectivity index (χ3v) is 7.35. The maximum Gasteiger partial charge on any atom is 0.248 e. The molecule has 0 aromatic carbocycles. The van der Waals surface area contributed by atoms with Crippen LogP contribution in [0.2, 0.25) is 25.2 Å². The Kier molecular flexibility index (Phi) is 4.74. The fourth-order valence-corrected chi connectivity index (χ4v) is 7.03. The van der Waals surface area contributed by atoms with Gasteiger partial charge < -0.3 is 0 Å². The van der Waals surface area contributed by atoms with Gasteiger partial charge in [0.05, 0.1) is 0 Å². The Morgan fingerprint density at radius 3 is 1.91 bits per heavy atom. The lowest BCUT2D eigenvalue weighted by molar-refractivity contribution is 1.36. The third-order valence-electron chi connectivity index (χ3n) is 1.48. The lowest BCUT2D eigenvalue weighted by Crippen LogP contribution is -2.23. The van der Waals surface area contributed by atoms with Crippen LogP contribution in [-0.2, 0) is 0 Å². The lowest BCUT2D eigenvalue weighted by atomic mass is 10.9. The van der Waals surface area contributed by atoms with Gasteiger partial charge in [-0.15, -0.1) is 28.7 Å². The topological polar surface area (TPSA) is 0 Å². The molecule has 66 valence electrons. The molecule has 0 aliphatic heterocycles. The van der Waals surface area contributed by atoms with Crippen LogP contribution in [0.3, 0.4) is 0 Å². The van der Waals surface area contributed by atoms with Crippen LogP contribution in [0.4, 0.5) is 0 Å². The minimum absolute atomic E-state index is 0.869. The summed E-state index contributed by atoms with van der Waals surface area (Å²) in [6.07, 6.45) is 0. The molecule has 11 heavy (non-hydrogen) atoms. The van der Waals surface area contributed by atoms with Crippen LogP contribution >= 0.6 is 33.2 Å². The van der Waals surface area contributed by atoms with Crippen LogP contribution in [0, 0.1) is 0 Å². The molecule has 0 saturated carbocycles. The van der Waals surface area contributed by atoms with Gasteiger partial charge >= 0.3 is 0 Å². The first-order valence-electron chi connectivity index (χ1n) is 3.47. The molecule has 0 bridgehead atoms. The highest BCUT2D eigenvalue weighted by atomic mass is 35.7. The molecule has 0 radical (unpaired) electrons. The Balaban J connectivity index is 3.79. The molecule has 0 aromatic heterocycles. The molecule has 0 rings (SSSR count). The van der Waals surface area contributed by atoms with Gasteiger partial charge in [-0.05, 0) is 18.6 Å². The summed E-state index contributed by atoms with van der Waals surface area (Å²) in [5.41, 5.74) is 1.86. The Morgan fingerprint density at radius 2 is 1.64 bits per heavy atom. The molecular weight excluding hydrogens is 235 g/mol. The van der Waals surface area contributed by atoms with Gasteiger partial charge in [-0.25, -0.2) is 0 Å². The third kappa shape index (κ3) is 7.41. The average Bonchev–Trinajstić information content (AvgIpc) is 1.83. The maximum absolute atomic E-state index is 6.15. The van der Waals surface area contributed by atoms with Crippen LogP contribution < -0.4 is 0 Å². The molecule has 0 aliphatic rings. The van der Waals surface area contributed by atoms with Crippen molar-refractivity contribution in [2.75, 3.05) is 0 Å². The highest BCUT2D eigenvalue weighted by Crippen LogP contribution is 2.28. The van der Waals surface area contributed by atoms with Gasteiger partial charge in [0.2, 0.25) is 6.69 Å². The molecule has 0 N–H and O–H groups in total. The van der Waals surface area contributed by atoms with Crippen molar-refractivity contribution >= 4 is 47.3 Å². The van der Waals surface area contributed by atoms with Gasteiger partial charge in [-0.1, -0.05) is 12.2 Å². The van der Waals surface area contributed by atoms with E-state index in [1.165, 1.54) is 0 Å². The summed E-state index contributed by atoms with van der Waals surface area (Å²) in [7, 11) is -1.69. The minimum atomic E-state index is -1.94. The SMILES string of the molecule is C=C[Si](C)(Cl)CC[Si](C)(Cl)Cl. The quantitative estimate of drug-likeness (QED) is 0.519. The van der Waals surface area contributed by atoms with E-state index in [-0.39, 0.29) is 0 Å².